The summed E-state index contributed by atoms with van der Waals surface area (Å²) in [6.07, 6.45) is 1.02. The molecule has 1 fully saturated rings. The van der Waals surface area contributed by atoms with Crippen molar-refractivity contribution in [3.63, 3.8) is 0 Å². The molecule has 7 nitrogen and oxygen atoms in total. The molecular formula is C19H36N6O. The second-order valence-corrected chi connectivity index (χ2v) is 7.16. The van der Waals surface area contributed by atoms with Gasteiger partial charge in [-0.05, 0) is 47.1 Å². The molecular weight excluding hydrogens is 328 g/mol. The van der Waals surface area contributed by atoms with Crippen LogP contribution in [0.2, 0.25) is 0 Å². The molecule has 0 aliphatic carbocycles. The lowest BCUT2D eigenvalue weighted by atomic mass is 10.2. The highest BCUT2D eigenvalue weighted by Gasteiger charge is 2.23. The summed E-state index contributed by atoms with van der Waals surface area (Å²) in [4.78, 5) is 7.26. The van der Waals surface area contributed by atoms with Crippen molar-refractivity contribution >= 4 is 5.96 Å². The summed E-state index contributed by atoms with van der Waals surface area (Å²) < 4.78 is 7.60. The van der Waals surface area contributed by atoms with Crippen LogP contribution in [0.5, 0.6) is 0 Å². The number of ether oxygens (including phenoxy) is 1. The maximum absolute atomic E-state index is 5.53. The van der Waals surface area contributed by atoms with E-state index in [0.717, 1.165) is 64.0 Å². The predicted octanol–water partition coefficient (Wildman–Crippen LogP) is 1.55. The number of rotatable bonds is 8. The lowest BCUT2D eigenvalue weighted by Crippen LogP contribution is -2.49. The molecule has 1 aliphatic rings. The average molecular weight is 365 g/mol. The minimum Gasteiger partial charge on any atom is -0.379 e. The van der Waals surface area contributed by atoms with Crippen molar-refractivity contribution in [3.05, 3.63) is 17.5 Å². The van der Waals surface area contributed by atoms with Crippen molar-refractivity contribution in [2.75, 3.05) is 39.4 Å². The normalized spacial score (nSPS) is 20.2. The van der Waals surface area contributed by atoms with Crippen molar-refractivity contribution in [2.45, 2.75) is 59.7 Å². The quantitative estimate of drug-likeness (QED) is 0.416. The lowest BCUT2D eigenvalue weighted by molar-refractivity contribution is -0.0165. The monoisotopic (exact) mass is 364 g/mol. The van der Waals surface area contributed by atoms with Crippen molar-refractivity contribution in [3.8, 4) is 0 Å². The Bertz CT molecular complexity index is 570. The Kier molecular flexibility index (Phi) is 8.38. The molecule has 0 aromatic carbocycles. The first-order chi connectivity index (χ1) is 12.5. The summed E-state index contributed by atoms with van der Waals surface area (Å²) in [7, 11) is 0. The van der Waals surface area contributed by atoms with Crippen LogP contribution < -0.4 is 10.6 Å². The number of guanidine groups is 1. The fourth-order valence-corrected chi connectivity index (χ4v) is 3.40. The molecule has 2 atom stereocenters. The van der Waals surface area contributed by atoms with E-state index >= 15 is 0 Å². The van der Waals surface area contributed by atoms with Gasteiger partial charge < -0.3 is 15.4 Å². The minimum absolute atomic E-state index is 0.416. The molecule has 0 saturated carbocycles. The number of aryl methyl sites for hydroxylation is 3. The molecule has 0 bridgehead atoms. The molecule has 26 heavy (non-hydrogen) atoms. The zero-order valence-corrected chi connectivity index (χ0v) is 17.1. The number of aliphatic imine (C=N–C) groups is 1. The van der Waals surface area contributed by atoms with E-state index in [9.17, 15) is 0 Å². The molecule has 1 saturated heterocycles. The van der Waals surface area contributed by atoms with E-state index in [1.54, 1.807) is 0 Å². The van der Waals surface area contributed by atoms with E-state index < -0.39 is 0 Å². The van der Waals surface area contributed by atoms with E-state index in [0.29, 0.717) is 12.1 Å². The standard InChI is InChI=1S/C19H36N6O/c1-6-20-19(21-8-7-9-25-16(3)12-15(2)23-25)22-13-17(4)24-10-11-26-14-18(24)5/h12,17-18H,6-11,13-14H2,1-5H3,(H2,20,21,22). The van der Waals surface area contributed by atoms with Crippen LogP contribution in [-0.2, 0) is 11.3 Å². The fraction of sp³-hybridized carbons (Fsp3) is 0.789. The van der Waals surface area contributed by atoms with Crippen molar-refractivity contribution in [2.24, 2.45) is 4.99 Å². The van der Waals surface area contributed by atoms with Crippen molar-refractivity contribution in [1.82, 2.24) is 25.3 Å². The van der Waals surface area contributed by atoms with Gasteiger partial charge in [-0.25, -0.2) is 0 Å². The highest BCUT2D eigenvalue weighted by molar-refractivity contribution is 5.79. The van der Waals surface area contributed by atoms with Crippen molar-refractivity contribution < 1.29 is 4.74 Å². The van der Waals surface area contributed by atoms with E-state index in [4.69, 9.17) is 9.73 Å². The first kappa shape index (κ1) is 20.7. The predicted molar refractivity (Wildman–Crippen MR) is 107 cm³/mol. The molecule has 0 spiro atoms. The highest BCUT2D eigenvalue weighted by Crippen LogP contribution is 2.10. The first-order valence-electron chi connectivity index (χ1n) is 9.88. The molecule has 0 amide bonds. The molecule has 1 aromatic rings. The highest BCUT2D eigenvalue weighted by atomic mass is 16.5. The number of hydrogen-bond donors (Lipinski definition) is 2. The Morgan fingerprint density at radius 2 is 2.23 bits per heavy atom. The van der Waals surface area contributed by atoms with Gasteiger partial charge in [0.2, 0.25) is 0 Å². The van der Waals surface area contributed by atoms with Gasteiger partial charge in [-0.1, -0.05) is 0 Å². The van der Waals surface area contributed by atoms with Crippen LogP contribution in [0.25, 0.3) is 0 Å². The summed E-state index contributed by atoms with van der Waals surface area (Å²) >= 11 is 0. The third-order valence-electron chi connectivity index (χ3n) is 4.79. The molecule has 1 aliphatic heterocycles. The second kappa shape index (κ2) is 10.5. The molecule has 2 N–H and O–H groups in total. The van der Waals surface area contributed by atoms with Gasteiger partial charge in [0.1, 0.15) is 0 Å². The van der Waals surface area contributed by atoms with E-state index in [1.165, 1.54) is 5.69 Å². The van der Waals surface area contributed by atoms with Gasteiger partial charge >= 0.3 is 0 Å². The van der Waals surface area contributed by atoms with Gasteiger partial charge in [0, 0.05) is 44.0 Å². The van der Waals surface area contributed by atoms with Crippen LogP contribution in [0.15, 0.2) is 11.1 Å². The molecule has 7 heteroatoms. The maximum atomic E-state index is 5.53. The average Bonchev–Trinajstić information content (AvgIpc) is 2.94. The summed E-state index contributed by atoms with van der Waals surface area (Å²) in [6.45, 7) is 16.8. The van der Waals surface area contributed by atoms with Gasteiger partial charge in [0.05, 0.1) is 25.5 Å². The Morgan fingerprint density at radius 3 is 2.88 bits per heavy atom. The maximum Gasteiger partial charge on any atom is 0.191 e. The van der Waals surface area contributed by atoms with Crippen LogP contribution in [-0.4, -0.2) is 72.1 Å². The van der Waals surface area contributed by atoms with Crippen LogP contribution in [0.1, 0.15) is 38.6 Å². The van der Waals surface area contributed by atoms with Crippen LogP contribution in [0.3, 0.4) is 0 Å². The third-order valence-corrected chi connectivity index (χ3v) is 4.79. The Labute approximate surface area is 158 Å². The van der Waals surface area contributed by atoms with Crippen molar-refractivity contribution in [1.29, 1.82) is 0 Å². The second-order valence-electron chi connectivity index (χ2n) is 7.16. The molecule has 2 heterocycles. The largest absolute Gasteiger partial charge is 0.379 e. The third kappa shape index (κ3) is 6.29. The zero-order chi connectivity index (χ0) is 18.9. The van der Waals surface area contributed by atoms with Gasteiger partial charge in [-0.3, -0.25) is 14.6 Å². The van der Waals surface area contributed by atoms with Gasteiger partial charge in [-0.15, -0.1) is 0 Å². The SMILES string of the molecule is CCNC(=NCC(C)N1CCOCC1C)NCCCn1nc(C)cc1C. The number of hydrogen-bond acceptors (Lipinski definition) is 4. The van der Waals surface area contributed by atoms with E-state index in [-0.39, 0.29) is 0 Å². The molecule has 1 aromatic heterocycles. The topological polar surface area (TPSA) is 66.7 Å². The van der Waals surface area contributed by atoms with E-state index in [1.807, 2.05) is 6.92 Å². The first-order valence-corrected chi connectivity index (χ1v) is 9.88. The summed E-state index contributed by atoms with van der Waals surface area (Å²) in [5.74, 6) is 0.897. The molecule has 148 valence electrons. The lowest BCUT2D eigenvalue weighted by Gasteiger charge is -2.37. The summed E-state index contributed by atoms with van der Waals surface area (Å²) in [6, 6.07) is 3.00. The number of aromatic nitrogens is 2. The Balaban J connectivity index is 1.77. The van der Waals surface area contributed by atoms with Crippen LogP contribution in [0, 0.1) is 13.8 Å². The fourth-order valence-electron chi connectivity index (χ4n) is 3.40. The Morgan fingerprint density at radius 1 is 1.42 bits per heavy atom. The van der Waals surface area contributed by atoms with E-state index in [2.05, 4.69) is 59.1 Å². The number of nitrogens with one attached hydrogen (secondary N) is 2. The number of morpholine rings is 1. The van der Waals surface area contributed by atoms with Crippen LogP contribution >= 0.6 is 0 Å². The molecule has 0 radical (unpaired) electrons. The smallest absolute Gasteiger partial charge is 0.191 e. The summed E-state index contributed by atoms with van der Waals surface area (Å²) in [5, 5.41) is 11.3. The zero-order valence-electron chi connectivity index (χ0n) is 17.1. The van der Waals surface area contributed by atoms with Gasteiger partial charge in [0.15, 0.2) is 5.96 Å². The number of nitrogens with zero attached hydrogens (tertiary/aromatic N) is 4. The minimum atomic E-state index is 0.416. The van der Waals surface area contributed by atoms with Crippen LogP contribution in [0.4, 0.5) is 0 Å². The van der Waals surface area contributed by atoms with Gasteiger partial charge in [-0.2, -0.15) is 5.10 Å². The molecule has 2 rings (SSSR count). The van der Waals surface area contributed by atoms with Gasteiger partial charge in [0.25, 0.3) is 0 Å². The Hall–Kier alpha value is -1.60. The molecule has 2 unspecified atom stereocenters. The summed E-state index contributed by atoms with van der Waals surface area (Å²) in [5.41, 5.74) is 2.30.